The SMILES string of the molecule is O=C(O)CCCCc1ccccc1OC(F)F. The minimum atomic E-state index is -2.84. The second kappa shape index (κ2) is 6.83. The van der Waals surface area contributed by atoms with Crippen LogP contribution in [-0.4, -0.2) is 17.7 Å². The molecule has 0 atom stereocenters. The lowest BCUT2D eigenvalue weighted by atomic mass is 10.1. The average Bonchev–Trinajstić information content (AvgIpc) is 2.25. The van der Waals surface area contributed by atoms with Crippen LogP contribution in [0.25, 0.3) is 0 Å². The van der Waals surface area contributed by atoms with E-state index in [4.69, 9.17) is 5.11 Å². The van der Waals surface area contributed by atoms with E-state index in [0.717, 1.165) is 0 Å². The zero-order valence-corrected chi connectivity index (χ0v) is 9.23. The van der Waals surface area contributed by atoms with Crippen LogP contribution in [0.2, 0.25) is 0 Å². The zero-order chi connectivity index (χ0) is 12.7. The number of aliphatic carboxylic acids is 1. The van der Waals surface area contributed by atoms with Gasteiger partial charge in [-0.1, -0.05) is 18.2 Å². The molecule has 0 aliphatic carbocycles. The second-order valence-electron chi connectivity index (χ2n) is 3.59. The van der Waals surface area contributed by atoms with E-state index < -0.39 is 12.6 Å². The van der Waals surface area contributed by atoms with Crippen LogP contribution in [0.15, 0.2) is 24.3 Å². The van der Waals surface area contributed by atoms with Crippen LogP contribution in [0.1, 0.15) is 24.8 Å². The number of unbranched alkanes of at least 4 members (excludes halogenated alkanes) is 1. The molecular formula is C12H14F2O3. The van der Waals surface area contributed by atoms with Crippen molar-refractivity contribution < 1.29 is 23.4 Å². The molecule has 0 bridgehead atoms. The van der Waals surface area contributed by atoms with Gasteiger partial charge in [0.05, 0.1) is 0 Å². The van der Waals surface area contributed by atoms with Gasteiger partial charge >= 0.3 is 12.6 Å². The van der Waals surface area contributed by atoms with Crippen LogP contribution in [-0.2, 0) is 11.2 Å². The minimum Gasteiger partial charge on any atom is -0.481 e. The molecule has 1 N–H and O–H groups in total. The number of alkyl halides is 2. The number of rotatable bonds is 7. The molecule has 0 aliphatic heterocycles. The predicted molar refractivity (Wildman–Crippen MR) is 58.3 cm³/mol. The summed E-state index contributed by atoms with van der Waals surface area (Å²) in [7, 11) is 0. The van der Waals surface area contributed by atoms with Crippen LogP contribution in [0.4, 0.5) is 8.78 Å². The smallest absolute Gasteiger partial charge is 0.387 e. The number of hydrogen-bond acceptors (Lipinski definition) is 2. The van der Waals surface area contributed by atoms with Crippen molar-refractivity contribution in [3.63, 3.8) is 0 Å². The van der Waals surface area contributed by atoms with Gasteiger partial charge in [-0.05, 0) is 30.9 Å². The average molecular weight is 244 g/mol. The van der Waals surface area contributed by atoms with Crippen molar-refractivity contribution in [2.24, 2.45) is 0 Å². The summed E-state index contributed by atoms with van der Waals surface area (Å²) in [6, 6.07) is 6.56. The summed E-state index contributed by atoms with van der Waals surface area (Å²) >= 11 is 0. The van der Waals surface area contributed by atoms with Crippen molar-refractivity contribution in [3.8, 4) is 5.75 Å². The molecule has 0 amide bonds. The third-order valence-electron chi connectivity index (χ3n) is 2.28. The monoisotopic (exact) mass is 244 g/mol. The highest BCUT2D eigenvalue weighted by atomic mass is 19.3. The maximum absolute atomic E-state index is 12.1. The van der Waals surface area contributed by atoms with Crippen molar-refractivity contribution in [1.82, 2.24) is 0 Å². The van der Waals surface area contributed by atoms with Crippen LogP contribution in [0.5, 0.6) is 5.75 Å². The van der Waals surface area contributed by atoms with Crippen molar-refractivity contribution in [1.29, 1.82) is 0 Å². The summed E-state index contributed by atoms with van der Waals surface area (Å²) in [6.45, 7) is -2.84. The fourth-order valence-corrected chi connectivity index (χ4v) is 1.51. The van der Waals surface area contributed by atoms with Gasteiger partial charge in [0.2, 0.25) is 0 Å². The molecule has 0 saturated carbocycles. The normalized spacial score (nSPS) is 10.5. The number of hydrogen-bond donors (Lipinski definition) is 1. The molecule has 0 fully saturated rings. The standard InChI is InChI=1S/C12H14F2O3/c13-12(14)17-10-7-3-1-5-9(10)6-2-4-8-11(15)16/h1,3,5,7,12H,2,4,6,8H2,(H,15,16). The Kier molecular flexibility index (Phi) is 5.39. The molecule has 0 radical (unpaired) electrons. The Bertz CT molecular complexity index is 367. The third-order valence-corrected chi connectivity index (χ3v) is 2.28. The minimum absolute atomic E-state index is 0.0951. The Labute approximate surface area is 98.0 Å². The summed E-state index contributed by atoms with van der Waals surface area (Å²) in [5.74, 6) is -0.681. The Morgan fingerprint density at radius 2 is 2.00 bits per heavy atom. The van der Waals surface area contributed by atoms with Gasteiger partial charge < -0.3 is 9.84 Å². The Balaban J connectivity index is 2.49. The number of halogens is 2. The zero-order valence-electron chi connectivity index (χ0n) is 9.23. The molecule has 5 heteroatoms. The Morgan fingerprint density at radius 1 is 1.29 bits per heavy atom. The molecule has 3 nitrogen and oxygen atoms in total. The van der Waals surface area contributed by atoms with Gasteiger partial charge in [-0.3, -0.25) is 4.79 Å². The molecule has 0 heterocycles. The molecule has 17 heavy (non-hydrogen) atoms. The van der Waals surface area contributed by atoms with Gasteiger partial charge in [-0.15, -0.1) is 0 Å². The van der Waals surface area contributed by atoms with Gasteiger partial charge in [0.25, 0.3) is 0 Å². The number of benzene rings is 1. The Morgan fingerprint density at radius 3 is 2.65 bits per heavy atom. The van der Waals surface area contributed by atoms with Crippen LogP contribution < -0.4 is 4.74 Å². The lowest BCUT2D eigenvalue weighted by molar-refractivity contribution is -0.137. The van der Waals surface area contributed by atoms with Crippen molar-refractivity contribution in [2.45, 2.75) is 32.3 Å². The molecule has 0 aromatic heterocycles. The maximum Gasteiger partial charge on any atom is 0.387 e. The maximum atomic E-state index is 12.1. The van der Waals surface area contributed by atoms with Crippen molar-refractivity contribution in [3.05, 3.63) is 29.8 Å². The quantitative estimate of drug-likeness (QED) is 0.750. The summed E-state index contributed by atoms with van der Waals surface area (Å²) in [5, 5.41) is 8.46. The number of carbonyl (C=O) groups is 1. The van der Waals surface area contributed by atoms with Gasteiger partial charge in [-0.25, -0.2) is 0 Å². The lowest BCUT2D eigenvalue weighted by Gasteiger charge is -2.09. The summed E-state index contributed by atoms with van der Waals surface area (Å²) < 4.78 is 28.6. The van der Waals surface area contributed by atoms with Crippen LogP contribution >= 0.6 is 0 Å². The number of para-hydroxylation sites is 1. The van der Waals surface area contributed by atoms with E-state index in [1.807, 2.05) is 0 Å². The van der Waals surface area contributed by atoms with E-state index in [2.05, 4.69) is 4.74 Å². The van der Waals surface area contributed by atoms with E-state index in [-0.39, 0.29) is 12.2 Å². The first-order valence-electron chi connectivity index (χ1n) is 5.34. The molecule has 0 spiro atoms. The number of aryl methyl sites for hydroxylation is 1. The van der Waals surface area contributed by atoms with Gasteiger partial charge in [0, 0.05) is 6.42 Å². The number of carboxylic acids is 1. The first-order valence-corrected chi connectivity index (χ1v) is 5.34. The molecule has 1 rings (SSSR count). The van der Waals surface area contributed by atoms with Crippen molar-refractivity contribution in [2.75, 3.05) is 0 Å². The number of ether oxygens (including phenoxy) is 1. The highest BCUT2D eigenvalue weighted by Gasteiger charge is 2.08. The van der Waals surface area contributed by atoms with E-state index in [0.29, 0.717) is 24.8 Å². The van der Waals surface area contributed by atoms with E-state index in [1.54, 1.807) is 18.2 Å². The first kappa shape index (κ1) is 13.4. The number of carboxylic acid groups (broad SMARTS) is 1. The highest BCUT2D eigenvalue weighted by molar-refractivity contribution is 5.66. The van der Waals surface area contributed by atoms with Gasteiger partial charge in [0.15, 0.2) is 0 Å². The van der Waals surface area contributed by atoms with E-state index in [9.17, 15) is 13.6 Å². The third kappa shape index (κ3) is 5.29. The summed E-state index contributed by atoms with van der Waals surface area (Å²) in [4.78, 5) is 10.3. The second-order valence-corrected chi connectivity index (χ2v) is 3.59. The van der Waals surface area contributed by atoms with Crippen molar-refractivity contribution >= 4 is 5.97 Å². The van der Waals surface area contributed by atoms with Crippen LogP contribution in [0.3, 0.4) is 0 Å². The molecular weight excluding hydrogens is 230 g/mol. The van der Waals surface area contributed by atoms with Crippen LogP contribution in [0, 0.1) is 0 Å². The molecule has 94 valence electrons. The Hall–Kier alpha value is -1.65. The first-order chi connectivity index (χ1) is 8.09. The largest absolute Gasteiger partial charge is 0.481 e. The predicted octanol–water partition coefficient (Wildman–Crippen LogP) is 3.09. The topological polar surface area (TPSA) is 46.5 Å². The summed E-state index contributed by atoms with van der Waals surface area (Å²) in [6.07, 6.45) is 1.79. The highest BCUT2D eigenvalue weighted by Crippen LogP contribution is 2.22. The lowest BCUT2D eigenvalue weighted by Crippen LogP contribution is -2.04. The van der Waals surface area contributed by atoms with E-state index >= 15 is 0 Å². The molecule has 1 aromatic carbocycles. The van der Waals surface area contributed by atoms with E-state index in [1.165, 1.54) is 6.07 Å². The fraction of sp³-hybridized carbons (Fsp3) is 0.417. The summed E-state index contributed by atoms with van der Waals surface area (Å²) in [5.41, 5.74) is 0.679. The molecule has 0 aliphatic rings. The molecule has 0 unspecified atom stereocenters. The van der Waals surface area contributed by atoms with Gasteiger partial charge in [-0.2, -0.15) is 8.78 Å². The van der Waals surface area contributed by atoms with Gasteiger partial charge in [0.1, 0.15) is 5.75 Å². The molecule has 0 saturated heterocycles. The molecule has 1 aromatic rings. The fourth-order valence-electron chi connectivity index (χ4n) is 1.51.